The zero-order chi connectivity index (χ0) is 13.7. The fourth-order valence-electron chi connectivity index (χ4n) is 1.48. The average molecular weight is 321 g/mol. The molecule has 5 nitrogen and oxygen atoms in total. The van der Waals surface area contributed by atoms with E-state index in [0.29, 0.717) is 11.3 Å². The Morgan fingerprint density at radius 1 is 1.32 bits per heavy atom. The molecule has 98 valence electrons. The molecule has 0 atom stereocenters. The molecule has 2 aromatic heterocycles. The maximum atomic E-state index is 12.0. The summed E-state index contributed by atoms with van der Waals surface area (Å²) in [6, 6.07) is 5.23. The first-order valence-electron chi connectivity index (χ1n) is 5.81. The second kappa shape index (κ2) is 6.29. The summed E-state index contributed by atoms with van der Waals surface area (Å²) in [7, 11) is 0. The minimum Gasteiger partial charge on any atom is -0.370 e. The van der Waals surface area contributed by atoms with Crippen molar-refractivity contribution < 1.29 is 4.79 Å². The first-order chi connectivity index (χ1) is 9.20. The van der Waals surface area contributed by atoms with E-state index in [1.807, 2.05) is 6.92 Å². The summed E-state index contributed by atoms with van der Waals surface area (Å²) >= 11 is 3.33. The first kappa shape index (κ1) is 13.5. The van der Waals surface area contributed by atoms with Gasteiger partial charge in [0.2, 0.25) is 0 Å². The summed E-state index contributed by atoms with van der Waals surface area (Å²) in [5.74, 6) is 0.548. The van der Waals surface area contributed by atoms with Crippen LogP contribution >= 0.6 is 15.9 Å². The van der Waals surface area contributed by atoms with Gasteiger partial charge in [-0.1, -0.05) is 0 Å². The monoisotopic (exact) mass is 320 g/mol. The Hall–Kier alpha value is -1.95. The number of nitrogens with one attached hydrogen (secondary N) is 2. The zero-order valence-electron chi connectivity index (χ0n) is 10.4. The van der Waals surface area contributed by atoms with Gasteiger partial charge in [0.15, 0.2) is 0 Å². The highest BCUT2D eigenvalue weighted by Crippen LogP contribution is 2.20. The van der Waals surface area contributed by atoms with E-state index < -0.39 is 0 Å². The maximum absolute atomic E-state index is 12.0. The third-order valence-corrected chi connectivity index (χ3v) is 3.04. The van der Waals surface area contributed by atoms with E-state index in [1.165, 1.54) is 0 Å². The molecular formula is C13H13BrN4O. The van der Waals surface area contributed by atoms with Crippen molar-refractivity contribution in [1.29, 1.82) is 0 Å². The number of hydrogen-bond donors (Lipinski definition) is 2. The van der Waals surface area contributed by atoms with E-state index in [9.17, 15) is 4.79 Å². The van der Waals surface area contributed by atoms with Crippen LogP contribution < -0.4 is 10.6 Å². The van der Waals surface area contributed by atoms with Crippen LogP contribution in [0.3, 0.4) is 0 Å². The largest absolute Gasteiger partial charge is 0.370 e. The second-order valence-electron chi connectivity index (χ2n) is 3.77. The van der Waals surface area contributed by atoms with Gasteiger partial charge in [-0.25, -0.2) is 4.98 Å². The number of rotatable bonds is 4. The standard InChI is InChI=1S/C13H13BrN4O/c1-2-16-12-4-3-9(7-17-12)13(19)18-11-5-6-15-8-10(11)14/h3-8H,2H2,1H3,(H,16,17)(H,15,18,19). The van der Waals surface area contributed by atoms with Gasteiger partial charge in [0, 0.05) is 25.1 Å². The van der Waals surface area contributed by atoms with E-state index in [4.69, 9.17) is 0 Å². The lowest BCUT2D eigenvalue weighted by molar-refractivity contribution is 0.102. The van der Waals surface area contributed by atoms with Crippen LogP contribution in [0, 0.1) is 0 Å². The molecule has 0 spiro atoms. The molecule has 0 aliphatic heterocycles. The van der Waals surface area contributed by atoms with Crippen molar-refractivity contribution in [2.75, 3.05) is 17.2 Å². The molecule has 2 aromatic rings. The lowest BCUT2D eigenvalue weighted by atomic mass is 10.2. The van der Waals surface area contributed by atoms with Crippen molar-refractivity contribution in [1.82, 2.24) is 9.97 Å². The van der Waals surface area contributed by atoms with Crippen LogP contribution in [0.5, 0.6) is 0 Å². The molecule has 0 aromatic carbocycles. The SMILES string of the molecule is CCNc1ccc(C(=O)Nc2ccncc2Br)cn1. The quantitative estimate of drug-likeness (QED) is 0.909. The average Bonchev–Trinajstić information content (AvgIpc) is 2.42. The van der Waals surface area contributed by atoms with Gasteiger partial charge in [-0.15, -0.1) is 0 Å². The van der Waals surface area contributed by atoms with E-state index in [-0.39, 0.29) is 5.91 Å². The topological polar surface area (TPSA) is 66.9 Å². The van der Waals surface area contributed by atoms with Crippen molar-refractivity contribution in [3.05, 3.63) is 46.8 Å². The Labute approximate surface area is 119 Å². The normalized spacial score (nSPS) is 10.0. The van der Waals surface area contributed by atoms with Crippen molar-refractivity contribution >= 4 is 33.3 Å². The number of nitrogens with zero attached hydrogens (tertiary/aromatic N) is 2. The third-order valence-electron chi connectivity index (χ3n) is 2.40. The smallest absolute Gasteiger partial charge is 0.257 e. The molecule has 2 N–H and O–H groups in total. The number of aromatic nitrogens is 2. The molecule has 0 radical (unpaired) electrons. The minimum atomic E-state index is -0.206. The molecule has 0 saturated heterocycles. The van der Waals surface area contributed by atoms with E-state index in [0.717, 1.165) is 16.8 Å². The molecule has 0 aliphatic rings. The Morgan fingerprint density at radius 3 is 2.79 bits per heavy atom. The molecule has 0 saturated carbocycles. The van der Waals surface area contributed by atoms with Crippen LogP contribution in [-0.2, 0) is 0 Å². The number of halogens is 1. The van der Waals surface area contributed by atoms with Gasteiger partial charge in [-0.05, 0) is 41.1 Å². The molecule has 0 unspecified atom stereocenters. The number of anilines is 2. The van der Waals surface area contributed by atoms with Gasteiger partial charge in [0.05, 0.1) is 15.7 Å². The molecule has 0 bridgehead atoms. The van der Waals surface area contributed by atoms with Crippen LogP contribution in [0.15, 0.2) is 41.3 Å². The molecule has 6 heteroatoms. The molecule has 2 rings (SSSR count). The van der Waals surface area contributed by atoms with Crippen LogP contribution in [0.1, 0.15) is 17.3 Å². The minimum absolute atomic E-state index is 0.206. The van der Waals surface area contributed by atoms with Crippen molar-refractivity contribution in [2.45, 2.75) is 6.92 Å². The van der Waals surface area contributed by atoms with Gasteiger partial charge in [0.25, 0.3) is 5.91 Å². The number of amides is 1. The molecule has 2 heterocycles. The summed E-state index contributed by atoms with van der Waals surface area (Å²) in [4.78, 5) is 20.1. The Morgan fingerprint density at radius 2 is 2.16 bits per heavy atom. The van der Waals surface area contributed by atoms with Crippen LogP contribution in [0.2, 0.25) is 0 Å². The van der Waals surface area contributed by atoms with Crippen molar-refractivity contribution in [3.8, 4) is 0 Å². The van der Waals surface area contributed by atoms with Crippen LogP contribution in [0.4, 0.5) is 11.5 Å². The fourth-order valence-corrected chi connectivity index (χ4v) is 1.83. The van der Waals surface area contributed by atoms with Crippen LogP contribution in [-0.4, -0.2) is 22.4 Å². The lowest BCUT2D eigenvalue weighted by Gasteiger charge is -2.07. The van der Waals surface area contributed by atoms with Gasteiger partial charge in [0.1, 0.15) is 5.82 Å². The highest BCUT2D eigenvalue weighted by molar-refractivity contribution is 9.10. The highest BCUT2D eigenvalue weighted by atomic mass is 79.9. The Balaban J connectivity index is 2.10. The summed E-state index contributed by atoms with van der Waals surface area (Å²) in [5.41, 5.74) is 1.18. The Kier molecular flexibility index (Phi) is 4.46. The Bertz CT molecular complexity index is 571. The summed E-state index contributed by atoms with van der Waals surface area (Å²) in [5, 5.41) is 5.87. The summed E-state index contributed by atoms with van der Waals surface area (Å²) in [6.45, 7) is 2.78. The van der Waals surface area contributed by atoms with Gasteiger partial charge in [-0.2, -0.15) is 0 Å². The van der Waals surface area contributed by atoms with Gasteiger partial charge >= 0.3 is 0 Å². The molecule has 0 aliphatic carbocycles. The molecule has 0 fully saturated rings. The lowest BCUT2D eigenvalue weighted by Crippen LogP contribution is -2.13. The van der Waals surface area contributed by atoms with E-state index in [1.54, 1.807) is 36.8 Å². The fraction of sp³-hybridized carbons (Fsp3) is 0.154. The third kappa shape index (κ3) is 3.51. The number of carbonyl (C=O) groups excluding carboxylic acids is 1. The first-order valence-corrected chi connectivity index (χ1v) is 6.61. The van der Waals surface area contributed by atoms with Crippen molar-refractivity contribution in [2.24, 2.45) is 0 Å². The molecular weight excluding hydrogens is 308 g/mol. The highest BCUT2D eigenvalue weighted by Gasteiger charge is 2.08. The molecule has 1 amide bonds. The van der Waals surface area contributed by atoms with Gasteiger partial charge < -0.3 is 10.6 Å². The predicted octanol–water partition coefficient (Wildman–Crippen LogP) is 2.92. The van der Waals surface area contributed by atoms with Gasteiger partial charge in [-0.3, -0.25) is 9.78 Å². The molecule has 19 heavy (non-hydrogen) atoms. The number of carbonyl (C=O) groups is 1. The summed E-state index contributed by atoms with van der Waals surface area (Å²) in [6.07, 6.45) is 4.79. The van der Waals surface area contributed by atoms with E-state index >= 15 is 0 Å². The van der Waals surface area contributed by atoms with Crippen molar-refractivity contribution in [3.63, 3.8) is 0 Å². The second-order valence-corrected chi connectivity index (χ2v) is 4.63. The number of pyridine rings is 2. The summed E-state index contributed by atoms with van der Waals surface area (Å²) < 4.78 is 0.737. The van der Waals surface area contributed by atoms with Crippen LogP contribution in [0.25, 0.3) is 0 Å². The predicted molar refractivity (Wildman–Crippen MR) is 78.3 cm³/mol. The zero-order valence-corrected chi connectivity index (χ0v) is 11.9. The maximum Gasteiger partial charge on any atom is 0.257 e. The van der Waals surface area contributed by atoms with E-state index in [2.05, 4.69) is 36.5 Å². The number of hydrogen-bond acceptors (Lipinski definition) is 4.